The normalized spacial score (nSPS) is 11.5. The molecule has 0 saturated heterocycles. The van der Waals surface area contributed by atoms with Gasteiger partial charge in [-0.3, -0.25) is 0 Å². The number of rotatable bonds is 7. The molecule has 114 valence electrons. The lowest BCUT2D eigenvalue weighted by atomic mass is 10.1. The van der Waals surface area contributed by atoms with Gasteiger partial charge in [0.25, 0.3) is 0 Å². The summed E-state index contributed by atoms with van der Waals surface area (Å²) in [6.45, 7) is 0.313. The maximum Gasteiger partial charge on any atom is 0.371 e. The molecule has 0 aliphatic heterocycles. The maximum atomic E-state index is 10.8. The summed E-state index contributed by atoms with van der Waals surface area (Å²) < 4.78 is 15.7. The average molecular weight is 301 g/mol. The number of hydrogen-bond acceptors (Lipinski definition) is 5. The Kier molecular flexibility index (Phi) is 5.04. The minimum Gasteiger partial charge on any atom is -0.497 e. The van der Waals surface area contributed by atoms with Gasteiger partial charge < -0.3 is 19.0 Å². The van der Waals surface area contributed by atoms with Crippen LogP contribution in [0.2, 0.25) is 0 Å². The Morgan fingerprint density at radius 2 is 1.95 bits per heavy atom. The highest BCUT2D eigenvalue weighted by atomic mass is 16.5. The summed E-state index contributed by atoms with van der Waals surface area (Å²) in [5, 5.41) is 18.0. The smallest absolute Gasteiger partial charge is 0.371 e. The van der Waals surface area contributed by atoms with Crippen LogP contribution in [0.5, 0.6) is 11.5 Å². The number of carbonyl (C=O) groups is 1. The van der Waals surface area contributed by atoms with Gasteiger partial charge >= 0.3 is 5.97 Å². The zero-order chi connectivity index (χ0) is 15.9. The van der Waals surface area contributed by atoms with Gasteiger partial charge in [0.1, 0.15) is 23.2 Å². The molecule has 0 bridgehead atoms. The molecule has 1 heterocycles. The molecule has 0 amide bonds. The second-order valence-electron chi connectivity index (χ2n) is 4.50. The van der Waals surface area contributed by atoms with E-state index < -0.39 is 11.9 Å². The number of aromatic carboxylic acids is 1. The number of methoxy groups -OCH3 is 1. The van der Waals surface area contributed by atoms with Crippen LogP contribution >= 0.6 is 0 Å². The van der Waals surface area contributed by atoms with Crippen molar-refractivity contribution in [3.63, 3.8) is 0 Å². The third-order valence-electron chi connectivity index (χ3n) is 3.07. The molecule has 1 unspecified atom stereocenters. The topological polar surface area (TPSA) is 92.7 Å². The molecule has 0 fully saturated rings. The fraction of sp³-hybridized carbons (Fsp3) is 0.250. The molecule has 1 atom stereocenters. The number of furan rings is 1. The predicted molar refractivity (Wildman–Crippen MR) is 77.1 cm³/mol. The summed E-state index contributed by atoms with van der Waals surface area (Å²) in [6.07, 6.45) is 0.398. The summed E-state index contributed by atoms with van der Waals surface area (Å²) in [7, 11) is 1.59. The van der Waals surface area contributed by atoms with Gasteiger partial charge in [-0.1, -0.05) is 0 Å². The van der Waals surface area contributed by atoms with Crippen LogP contribution < -0.4 is 9.47 Å². The Hall–Kier alpha value is -2.94. The first-order valence-electron chi connectivity index (χ1n) is 6.63. The van der Waals surface area contributed by atoms with Gasteiger partial charge in [-0.15, -0.1) is 0 Å². The lowest BCUT2D eigenvalue weighted by Gasteiger charge is -2.09. The fourth-order valence-electron chi connectivity index (χ4n) is 1.89. The number of ether oxygens (including phenoxy) is 2. The molecule has 1 N–H and O–H groups in total. The molecule has 0 radical (unpaired) electrons. The number of nitriles is 1. The number of hydrogen-bond donors (Lipinski definition) is 1. The van der Waals surface area contributed by atoms with Gasteiger partial charge in [0, 0.05) is 6.42 Å². The Bertz CT molecular complexity index is 669. The Morgan fingerprint density at radius 3 is 2.50 bits per heavy atom. The van der Waals surface area contributed by atoms with Gasteiger partial charge in [-0.2, -0.15) is 5.26 Å². The lowest BCUT2D eigenvalue weighted by Crippen LogP contribution is -2.04. The molecule has 2 rings (SSSR count). The maximum absolute atomic E-state index is 10.8. The van der Waals surface area contributed by atoms with Crippen LogP contribution in [0, 0.1) is 11.3 Å². The summed E-state index contributed by atoms with van der Waals surface area (Å²) in [5.74, 6) is -0.143. The van der Waals surface area contributed by atoms with Gasteiger partial charge in [0.2, 0.25) is 5.76 Å². The second kappa shape index (κ2) is 7.18. The van der Waals surface area contributed by atoms with E-state index in [2.05, 4.69) is 6.07 Å². The lowest BCUT2D eigenvalue weighted by molar-refractivity contribution is 0.0660. The first-order chi connectivity index (χ1) is 10.6. The molecule has 6 nitrogen and oxygen atoms in total. The van der Waals surface area contributed by atoms with Gasteiger partial charge in [0.05, 0.1) is 19.8 Å². The molecule has 2 aromatic rings. The summed E-state index contributed by atoms with van der Waals surface area (Å²) >= 11 is 0. The summed E-state index contributed by atoms with van der Waals surface area (Å²) in [4.78, 5) is 10.8. The molecule has 0 spiro atoms. The molecular weight excluding hydrogens is 286 g/mol. The minimum atomic E-state index is -1.16. The number of benzene rings is 1. The number of carboxylic acids is 1. The molecule has 22 heavy (non-hydrogen) atoms. The molecule has 1 aromatic heterocycles. The minimum absolute atomic E-state index is 0.175. The second-order valence-corrected chi connectivity index (χ2v) is 4.50. The monoisotopic (exact) mass is 301 g/mol. The third-order valence-corrected chi connectivity index (χ3v) is 3.07. The van der Waals surface area contributed by atoms with Crippen molar-refractivity contribution < 1.29 is 23.8 Å². The van der Waals surface area contributed by atoms with Gasteiger partial charge in [-0.25, -0.2) is 4.79 Å². The highest BCUT2D eigenvalue weighted by Crippen LogP contribution is 2.23. The van der Waals surface area contributed by atoms with Crippen molar-refractivity contribution in [1.29, 1.82) is 5.26 Å². The van der Waals surface area contributed by atoms with Crippen molar-refractivity contribution in [3.8, 4) is 17.6 Å². The first-order valence-corrected chi connectivity index (χ1v) is 6.63. The molecule has 0 saturated carbocycles. The zero-order valence-corrected chi connectivity index (χ0v) is 12.0. The Balaban J connectivity index is 1.90. The SMILES string of the molecule is COc1ccc(OCCC(C#N)c2ccc(C(=O)O)o2)cc1. The predicted octanol–water partition coefficient (Wildman–Crippen LogP) is 3.06. The fourth-order valence-corrected chi connectivity index (χ4v) is 1.89. The van der Waals surface area contributed by atoms with E-state index in [1.807, 2.05) is 0 Å². The molecule has 0 aliphatic rings. The van der Waals surface area contributed by atoms with Crippen molar-refractivity contribution in [2.24, 2.45) is 0 Å². The van der Waals surface area contributed by atoms with Crippen molar-refractivity contribution in [2.75, 3.05) is 13.7 Å². The quantitative estimate of drug-likeness (QED) is 0.844. The largest absolute Gasteiger partial charge is 0.497 e. The Labute approximate surface area is 127 Å². The van der Waals surface area contributed by atoms with Crippen LogP contribution in [0.3, 0.4) is 0 Å². The summed E-state index contributed by atoms with van der Waals surface area (Å²) in [5.41, 5.74) is 0. The van der Waals surface area contributed by atoms with E-state index in [1.54, 1.807) is 31.4 Å². The number of carboxylic acid groups (broad SMARTS) is 1. The van der Waals surface area contributed by atoms with Crippen LogP contribution in [-0.2, 0) is 0 Å². The first kappa shape index (κ1) is 15.4. The molecule has 1 aromatic carbocycles. The van der Waals surface area contributed by atoms with Crippen molar-refractivity contribution in [2.45, 2.75) is 12.3 Å². The van der Waals surface area contributed by atoms with E-state index in [-0.39, 0.29) is 5.76 Å². The highest BCUT2D eigenvalue weighted by Gasteiger charge is 2.17. The van der Waals surface area contributed by atoms with Crippen LogP contribution in [0.4, 0.5) is 0 Å². The third kappa shape index (κ3) is 3.79. The van der Waals surface area contributed by atoms with E-state index in [1.165, 1.54) is 12.1 Å². The van der Waals surface area contributed by atoms with Crippen LogP contribution in [-0.4, -0.2) is 24.8 Å². The van der Waals surface area contributed by atoms with Crippen molar-refractivity contribution >= 4 is 5.97 Å². The molecule has 6 heteroatoms. The number of nitrogens with zero attached hydrogens (tertiary/aromatic N) is 1. The molecular formula is C16H15NO5. The highest BCUT2D eigenvalue weighted by molar-refractivity contribution is 5.84. The van der Waals surface area contributed by atoms with Crippen LogP contribution in [0.1, 0.15) is 28.7 Å². The standard InChI is InChI=1S/C16H15NO5/c1-20-12-2-4-13(5-3-12)21-9-8-11(10-17)14-6-7-15(22-14)16(18)19/h2-7,11H,8-9H2,1H3,(H,18,19). The van der Waals surface area contributed by atoms with Crippen LogP contribution in [0.25, 0.3) is 0 Å². The van der Waals surface area contributed by atoms with Crippen LogP contribution in [0.15, 0.2) is 40.8 Å². The van der Waals surface area contributed by atoms with Crippen molar-refractivity contribution in [3.05, 3.63) is 47.9 Å². The Morgan fingerprint density at radius 1 is 1.27 bits per heavy atom. The van der Waals surface area contributed by atoms with Gasteiger partial charge in [0.15, 0.2) is 0 Å². The van der Waals surface area contributed by atoms with E-state index in [9.17, 15) is 4.79 Å². The molecule has 0 aliphatic carbocycles. The van der Waals surface area contributed by atoms with E-state index in [0.717, 1.165) is 5.75 Å². The van der Waals surface area contributed by atoms with E-state index >= 15 is 0 Å². The van der Waals surface area contributed by atoms with Gasteiger partial charge in [-0.05, 0) is 36.4 Å². The zero-order valence-electron chi connectivity index (χ0n) is 12.0. The average Bonchev–Trinajstić information content (AvgIpc) is 3.02. The van der Waals surface area contributed by atoms with Crippen molar-refractivity contribution in [1.82, 2.24) is 0 Å². The van der Waals surface area contributed by atoms with E-state index in [0.29, 0.717) is 24.5 Å². The summed E-state index contributed by atoms with van der Waals surface area (Å²) in [6, 6.07) is 12.0. The van der Waals surface area contributed by atoms with E-state index in [4.69, 9.17) is 24.3 Å².